The van der Waals surface area contributed by atoms with Gasteiger partial charge in [0.15, 0.2) is 11.6 Å². The van der Waals surface area contributed by atoms with E-state index in [1.165, 1.54) is 11.2 Å². The van der Waals surface area contributed by atoms with E-state index in [-0.39, 0.29) is 13.1 Å². The summed E-state index contributed by atoms with van der Waals surface area (Å²) in [6.45, 7) is 5.01. The van der Waals surface area contributed by atoms with E-state index in [4.69, 9.17) is 21.0 Å². The number of hydrogen-bond donors (Lipinski definition) is 2. The predicted molar refractivity (Wildman–Crippen MR) is 85.6 cm³/mol. The van der Waals surface area contributed by atoms with Gasteiger partial charge in [0.2, 0.25) is 0 Å². The molecule has 0 aliphatic carbocycles. The number of ether oxygens (including phenoxy) is 1. The van der Waals surface area contributed by atoms with Crippen LogP contribution in [0.15, 0.2) is 6.33 Å². The van der Waals surface area contributed by atoms with E-state index in [2.05, 4.69) is 20.2 Å². The van der Waals surface area contributed by atoms with Crippen molar-refractivity contribution in [1.29, 1.82) is 10.5 Å². The lowest BCUT2D eigenvalue weighted by atomic mass is 10.3. The highest BCUT2D eigenvalue weighted by molar-refractivity contribution is 5.75. The number of nitrogens with one attached hydrogen (secondary N) is 1. The first-order valence-electron chi connectivity index (χ1n) is 7.39. The summed E-state index contributed by atoms with van der Waals surface area (Å²) in [5.74, 6) is 0.918. The monoisotopic (exact) mass is 316 g/mol. The molecule has 0 spiro atoms. The van der Waals surface area contributed by atoms with Crippen molar-refractivity contribution in [2.75, 3.05) is 68.4 Å². The van der Waals surface area contributed by atoms with Crippen LogP contribution in [0.5, 0.6) is 0 Å². The van der Waals surface area contributed by atoms with E-state index in [1.807, 2.05) is 12.1 Å². The summed E-state index contributed by atoms with van der Waals surface area (Å²) in [5.41, 5.74) is 6.43. The van der Waals surface area contributed by atoms with Crippen LogP contribution in [0.2, 0.25) is 0 Å². The van der Waals surface area contributed by atoms with Crippen molar-refractivity contribution in [3.63, 3.8) is 0 Å². The number of morpholine rings is 1. The fraction of sp³-hybridized carbons (Fsp3) is 0.571. The fourth-order valence-electron chi connectivity index (χ4n) is 2.31. The molecule has 0 radical (unpaired) electrons. The number of nitrogens with two attached hydrogens (primary N) is 1. The second kappa shape index (κ2) is 8.73. The third-order valence-corrected chi connectivity index (χ3v) is 3.51. The van der Waals surface area contributed by atoms with Crippen molar-refractivity contribution in [3.8, 4) is 12.1 Å². The van der Waals surface area contributed by atoms with Crippen molar-refractivity contribution >= 4 is 17.3 Å². The molecule has 23 heavy (non-hydrogen) atoms. The van der Waals surface area contributed by atoms with Crippen LogP contribution in [0, 0.1) is 22.7 Å². The number of nitrogen functional groups attached to an aromatic ring is 1. The normalized spacial score (nSPS) is 14.7. The lowest BCUT2D eigenvalue weighted by molar-refractivity contribution is 0.0398. The lowest BCUT2D eigenvalue weighted by Gasteiger charge is -2.26. The van der Waals surface area contributed by atoms with E-state index in [1.54, 1.807) is 0 Å². The lowest BCUT2D eigenvalue weighted by Crippen LogP contribution is -2.39. The average molecular weight is 316 g/mol. The molecule has 1 aliphatic rings. The maximum absolute atomic E-state index is 8.85. The van der Waals surface area contributed by atoms with Crippen LogP contribution >= 0.6 is 0 Å². The standard InChI is InChI=1S/C14H20N8O/c15-1-4-22(5-2-16)14-12(17)13(19-11-20-14)18-3-6-21-7-9-23-10-8-21/h11H,3-10,17H2,(H,18,19,20). The van der Waals surface area contributed by atoms with E-state index in [9.17, 15) is 0 Å². The molecule has 2 heterocycles. The Morgan fingerprint density at radius 1 is 1.26 bits per heavy atom. The van der Waals surface area contributed by atoms with Crippen LogP contribution in [0.3, 0.4) is 0 Å². The molecule has 9 nitrogen and oxygen atoms in total. The van der Waals surface area contributed by atoms with Gasteiger partial charge in [0.1, 0.15) is 25.1 Å². The van der Waals surface area contributed by atoms with Gasteiger partial charge in [0.05, 0.1) is 25.4 Å². The minimum Gasteiger partial charge on any atom is -0.393 e. The molecule has 0 unspecified atom stereocenters. The van der Waals surface area contributed by atoms with Gasteiger partial charge in [-0.05, 0) is 0 Å². The molecule has 0 bridgehead atoms. The largest absolute Gasteiger partial charge is 0.393 e. The quantitative estimate of drug-likeness (QED) is 0.649. The molecule has 1 aromatic heterocycles. The first-order chi connectivity index (χ1) is 11.3. The molecule has 1 saturated heterocycles. The van der Waals surface area contributed by atoms with Gasteiger partial charge >= 0.3 is 0 Å². The minimum absolute atomic E-state index is 0.0436. The molecule has 1 aliphatic heterocycles. The van der Waals surface area contributed by atoms with Gasteiger partial charge in [-0.2, -0.15) is 10.5 Å². The van der Waals surface area contributed by atoms with Crippen molar-refractivity contribution in [1.82, 2.24) is 14.9 Å². The summed E-state index contributed by atoms with van der Waals surface area (Å²) in [6, 6.07) is 4.01. The van der Waals surface area contributed by atoms with Gasteiger partial charge in [0, 0.05) is 26.2 Å². The van der Waals surface area contributed by atoms with Crippen molar-refractivity contribution in [3.05, 3.63) is 6.33 Å². The van der Waals surface area contributed by atoms with Crippen molar-refractivity contribution < 1.29 is 4.74 Å². The molecule has 1 aromatic rings. The summed E-state index contributed by atoms with van der Waals surface area (Å²) in [5, 5.41) is 20.9. The fourth-order valence-corrected chi connectivity index (χ4v) is 2.31. The number of aromatic nitrogens is 2. The maximum Gasteiger partial charge on any atom is 0.159 e. The van der Waals surface area contributed by atoms with E-state index >= 15 is 0 Å². The summed E-state index contributed by atoms with van der Waals surface area (Å²) in [6.07, 6.45) is 1.38. The number of anilines is 3. The zero-order chi connectivity index (χ0) is 16.5. The Bertz CT molecular complexity index is 571. The first kappa shape index (κ1) is 16.7. The Hall–Kier alpha value is -2.62. The Balaban J connectivity index is 1.98. The summed E-state index contributed by atoms with van der Waals surface area (Å²) < 4.78 is 5.31. The highest BCUT2D eigenvalue weighted by Crippen LogP contribution is 2.25. The number of nitriles is 2. The number of hydrogen-bond acceptors (Lipinski definition) is 9. The maximum atomic E-state index is 8.85. The van der Waals surface area contributed by atoms with E-state index in [0.717, 1.165) is 32.8 Å². The Morgan fingerprint density at radius 2 is 1.96 bits per heavy atom. The van der Waals surface area contributed by atoms with Gasteiger partial charge in [-0.15, -0.1) is 0 Å². The Morgan fingerprint density at radius 3 is 2.61 bits per heavy atom. The smallest absolute Gasteiger partial charge is 0.159 e. The molecule has 122 valence electrons. The van der Waals surface area contributed by atoms with Crippen LogP contribution in [-0.2, 0) is 4.74 Å². The van der Waals surface area contributed by atoms with Crippen LogP contribution in [0.1, 0.15) is 0 Å². The molecule has 0 amide bonds. The third kappa shape index (κ3) is 4.68. The number of nitrogens with zero attached hydrogens (tertiary/aromatic N) is 6. The molecular weight excluding hydrogens is 296 g/mol. The van der Waals surface area contributed by atoms with Crippen LogP contribution in [0.25, 0.3) is 0 Å². The topological polar surface area (TPSA) is 127 Å². The second-order valence-electron chi connectivity index (χ2n) is 5.01. The van der Waals surface area contributed by atoms with Gasteiger partial charge < -0.3 is 20.7 Å². The molecule has 0 saturated carbocycles. The first-order valence-corrected chi connectivity index (χ1v) is 7.39. The summed E-state index contributed by atoms with van der Waals surface area (Å²) in [4.78, 5) is 12.1. The summed E-state index contributed by atoms with van der Waals surface area (Å²) in [7, 11) is 0. The zero-order valence-corrected chi connectivity index (χ0v) is 12.9. The SMILES string of the molecule is N#CCN(CC#N)c1ncnc(NCCN2CCOCC2)c1N. The van der Waals surface area contributed by atoms with Gasteiger partial charge in [-0.3, -0.25) is 4.90 Å². The van der Waals surface area contributed by atoms with Gasteiger partial charge in [0.25, 0.3) is 0 Å². The summed E-state index contributed by atoms with van der Waals surface area (Å²) >= 11 is 0. The van der Waals surface area contributed by atoms with Gasteiger partial charge in [-0.25, -0.2) is 9.97 Å². The van der Waals surface area contributed by atoms with Gasteiger partial charge in [-0.1, -0.05) is 0 Å². The van der Waals surface area contributed by atoms with Crippen LogP contribution in [-0.4, -0.2) is 67.4 Å². The third-order valence-electron chi connectivity index (χ3n) is 3.51. The molecule has 2 rings (SSSR count). The molecular formula is C14H20N8O. The van der Waals surface area contributed by atoms with E-state index in [0.29, 0.717) is 23.9 Å². The van der Waals surface area contributed by atoms with Crippen molar-refractivity contribution in [2.24, 2.45) is 0 Å². The van der Waals surface area contributed by atoms with Crippen LogP contribution in [0.4, 0.5) is 17.3 Å². The Labute approximate surface area is 135 Å². The highest BCUT2D eigenvalue weighted by Gasteiger charge is 2.15. The molecule has 1 fully saturated rings. The predicted octanol–water partition coefficient (Wildman–Crippen LogP) is -0.344. The molecule has 3 N–H and O–H groups in total. The molecule has 0 aromatic carbocycles. The zero-order valence-electron chi connectivity index (χ0n) is 12.9. The second-order valence-corrected chi connectivity index (χ2v) is 5.01. The average Bonchev–Trinajstić information content (AvgIpc) is 2.57. The van der Waals surface area contributed by atoms with Crippen LogP contribution < -0.4 is 16.0 Å². The Kier molecular flexibility index (Phi) is 6.36. The minimum atomic E-state index is 0.0436. The number of rotatable bonds is 7. The molecule has 9 heteroatoms. The van der Waals surface area contributed by atoms with E-state index < -0.39 is 0 Å². The molecule has 0 atom stereocenters. The highest BCUT2D eigenvalue weighted by atomic mass is 16.5. The van der Waals surface area contributed by atoms with Crippen molar-refractivity contribution in [2.45, 2.75) is 0 Å².